The Morgan fingerprint density at radius 1 is 1.25 bits per heavy atom. The molecule has 0 unspecified atom stereocenters. The predicted octanol–water partition coefficient (Wildman–Crippen LogP) is 2.73. The van der Waals surface area contributed by atoms with Crippen molar-refractivity contribution in [1.29, 1.82) is 0 Å². The highest BCUT2D eigenvalue weighted by molar-refractivity contribution is 5.01. The molecular weight excluding hydrogens is 148 g/mol. The molecule has 12 heavy (non-hydrogen) atoms. The lowest BCUT2D eigenvalue weighted by Gasteiger charge is -2.34. The zero-order chi connectivity index (χ0) is 8.82. The maximum atomic E-state index is 10.3. The highest BCUT2D eigenvalue weighted by Crippen LogP contribution is 2.53. The Balaban J connectivity index is 2.16. The third-order valence-electron chi connectivity index (χ3n) is 3.76. The first-order chi connectivity index (χ1) is 5.52. The van der Waals surface area contributed by atoms with E-state index in [0.29, 0.717) is 11.3 Å². The van der Waals surface area contributed by atoms with Crippen LogP contribution in [0, 0.1) is 11.3 Å². The van der Waals surface area contributed by atoms with Gasteiger partial charge in [0.25, 0.3) is 0 Å². The summed E-state index contributed by atoms with van der Waals surface area (Å²) in [6, 6.07) is 0. The van der Waals surface area contributed by atoms with Crippen molar-refractivity contribution < 1.29 is 5.11 Å². The molecule has 1 N–H and O–H groups in total. The molecule has 0 amide bonds. The highest BCUT2D eigenvalue weighted by atomic mass is 16.3. The second-order valence-electron chi connectivity index (χ2n) is 5.59. The van der Waals surface area contributed by atoms with Crippen molar-refractivity contribution in [2.24, 2.45) is 11.3 Å². The summed E-state index contributed by atoms with van der Waals surface area (Å²) in [6.07, 6.45) is 7.17. The molecule has 2 fully saturated rings. The minimum Gasteiger partial charge on any atom is -0.390 e. The van der Waals surface area contributed by atoms with Gasteiger partial charge in [-0.15, -0.1) is 0 Å². The third kappa shape index (κ3) is 1.28. The fourth-order valence-corrected chi connectivity index (χ4v) is 3.39. The molecule has 0 bridgehead atoms. The Morgan fingerprint density at radius 2 is 2.00 bits per heavy atom. The van der Waals surface area contributed by atoms with Crippen LogP contribution in [0.3, 0.4) is 0 Å². The van der Waals surface area contributed by atoms with Crippen molar-refractivity contribution in [2.45, 2.75) is 58.0 Å². The van der Waals surface area contributed by atoms with Gasteiger partial charge in [0.05, 0.1) is 5.60 Å². The van der Waals surface area contributed by atoms with E-state index >= 15 is 0 Å². The summed E-state index contributed by atoms with van der Waals surface area (Å²) in [6.45, 7) is 4.59. The standard InChI is InChI=1S/C11H20O/c1-10(2)7-9-5-3-4-6-11(9,12)8-10/h9,12H,3-8H2,1-2H3/t9-,11-/m1/s1. The number of fused-ring (bicyclic) bond motifs is 1. The quantitative estimate of drug-likeness (QED) is 0.589. The molecule has 2 rings (SSSR count). The maximum Gasteiger partial charge on any atom is 0.0681 e. The zero-order valence-electron chi connectivity index (χ0n) is 8.27. The van der Waals surface area contributed by atoms with E-state index in [9.17, 15) is 5.11 Å². The van der Waals surface area contributed by atoms with Gasteiger partial charge in [-0.25, -0.2) is 0 Å². The molecule has 70 valence electrons. The molecule has 0 radical (unpaired) electrons. The van der Waals surface area contributed by atoms with Gasteiger partial charge >= 0.3 is 0 Å². The van der Waals surface area contributed by atoms with E-state index in [1.54, 1.807) is 0 Å². The molecule has 1 heteroatoms. The first-order valence-corrected chi connectivity index (χ1v) is 5.24. The number of rotatable bonds is 0. The van der Waals surface area contributed by atoms with Crippen LogP contribution in [0.2, 0.25) is 0 Å². The smallest absolute Gasteiger partial charge is 0.0681 e. The van der Waals surface area contributed by atoms with E-state index in [1.807, 2.05) is 0 Å². The Morgan fingerprint density at radius 3 is 2.67 bits per heavy atom. The first kappa shape index (κ1) is 8.55. The second-order valence-corrected chi connectivity index (χ2v) is 5.59. The molecule has 0 aromatic rings. The highest BCUT2D eigenvalue weighted by Gasteiger charge is 2.49. The van der Waals surface area contributed by atoms with Crippen molar-refractivity contribution in [3.05, 3.63) is 0 Å². The molecule has 0 aromatic carbocycles. The number of aliphatic hydroxyl groups is 1. The fourth-order valence-electron chi connectivity index (χ4n) is 3.39. The molecule has 2 aliphatic rings. The number of hydrogen-bond acceptors (Lipinski definition) is 1. The topological polar surface area (TPSA) is 20.2 Å². The maximum absolute atomic E-state index is 10.3. The van der Waals surface area contributed by atoms with Crippen LogP contribution in [0.1, 0.15) is 52.4 Å². The van der Waals surface area contributed by atoms with Crippen LogP contribution in [0.4, 0.5) is 0 Å². The third-order valence-corrected chi connectivity index (χ3v) is 3.76. The lowest BCUT2D eigenvalue weighted by atomic mass is 9.78. The van der Waals surface area contributed by atoms with Crippen LogP contribution in [0.5, 0.6) is 0 Å². The van der Waals surface area contributed by atoms with Crippen LogP contribution in [0.25, 0.3) is 0 Å². The summed E-state index contributed by atoms with van der Waals surface area (Å²) in [7, 11) is 0. The minimum atomic E-state index is -0.276. The van der Waals surface area contributed by atoms with Gasteiger partial charge in [-0.1, -0.05) is 26.7 Å². The van der Waals surface area contributed by atoms with Crippen molar-refractivity contribution in [3.8, 4) is 0 Å². The lowest BCUT2D eigenvalue weighted by molar-refractivity contribution is -0.0302. The van der Waals surface area contributed by atoms with Gasteiger partial charge in [0.2, 0.25) is 0 Å². The van der Waals surface area contributed by atoms with E-state index in [1.165, 1.54) is 25.7 Å². The zero-order valence-corrected chi connectivity index (χ0v) is 8.27. The van der Waals surface area contributed by atoms with E-state index in [4.69, 9.17) is 0 Å². The predicted molar refractivity (Wildman–Crippen MR) is 49.9 cm³/mol. The molecule has 2 aliphatic carbocycles. The molecule has 2 atom stereocenters. The normalized spacial score (nSPS) is 45.8. The average molecular weight is 168 g/mol. The van der Waals surface area contributed by atoms with Gasteiger partial charge in [0.1, 0.15) is 0 Å². The summed E-state index contributed by atoms with van der Waals surface area (Å²) >= 11 is 0. The molecule has 0 saturated heterocycles. The Hall–Kier alpha value is -0.0400. The van der Waals surface area contributed by atoms with Gasteiger partial charge in [-0.05, 0) is 37.0 Å². The summed E-state index contributed by atoms with van der Waals surface area (Å²) in [4.78, 5) is 0. The summed E-state index contributed by atoms with van der Waals surface area (Å²) in [5.74, 6) is 0.612. The summed E-state index contributed by atoms with van der Waals surface area (Å²) < 4.78 is 0. The second kappa shape index (κ2) is 2.47. The summed E-state index contributed by atoms with van der Waals surface area (Å²) in [5.41, 5.74) is 0.117. The number of hydrogen-bond donors (Lipinski definition) is 1. The van der Waals surface area contributed by atoms with Gasteiger partial charge in [-0.2, -0.15) is 0 Å². The van der Waals surface area contributed by atoms with Crippen molar-refractivity contribution in [2.75, 3.05) is 0 Å². The molecule has 0 heterocycles. The van der Waals surface area contributed by atoms with Crippen LogP contribution >= 0.6 is 0 Å². The van der Waals surface area contributed by atoms with Gasteiger partial charge in [0.15, 0.2) is 0 Å². The Kier molecular flexibility index (Phi) is 1.76. The van der Waals surface area contributed by atoms with E-state index < -0.39 is 0 Å². The molecule has 0 aromatic heterocycles. The van der Waals surface area contributed by atoms with Gasteiger partial charge < -0.3 is 5.11 Å². The largest absolute Gasteiger partial charge is 0.390 e. The molecule has 0 aliphatic heterocycles. The molecule has 2 saturated carbocycles. The van der Waals surface area contributed by atoms with Crippen LogP contribution in [0.15, 0.2) is 0 Å². The average Bonchev–Trinajstić information content (AvgIpc) is 2.16. The lowest BCUT2D eigenvalue weighted by Crippen LogP contribution is -2.36. The SMILES string of the molecule is CC1(C)C[C@H]2CCCC[C@@]2(O)C1. The molecule has 0 spiro atoms. The van der Waals surface area contributed by atoms with Gasteiger partial charge in [-0.3, -0.25) is 0 Å². The van der Waals surface area contributed by atoms with Crippen LogP contribution < -0.4 is 0 Å². The van der Waals surface area contributed by atoms with E-state index in [2.05, 4.69) is 13.8 Å². The summed E-state index contributed by atoms with van der Waals surface area (Å²) in [5, 5.41) is 10.3. The Labute approximate surface area is 75.2 Å². The van der Waals surface area contributed by atoms with Gasteiger partial charge in [0, 0.05) is 0 Å². The van der Waals surface area contributed by atoms with Crippen LogP contribution in [-0.4, -0.2) is 10.7 Å². The Bertz CT molecular complexity index is 185. The molecule has 1 nitrogen and oxygen atoms in total. The minimum absolute atomic E-state index is 0.276. The first-order valence-electron chi connectivity index (χ1n) is 5.24. The monoisotopic (exact) mass is 168 g/mol. The van der Waals surface area contributed by atoms with Crippen molar-refractivity contribution >= 4 is 0 Å². The fraction of sp³-hybridized carbons (Fsp3) is 1.00. The van der Waals surface area contributed by atoms with E-state index in [-0.39, 0.29) is 5.60 Å². The van der Waals surface area contributed by atoms with Crippen molar-refractivity contribution in [1.82, 2.24) is 0 Å². The molecular formula is C11H20O. The van der Waals surface area contributed by atoms with Crippen LogP contribution in [-0.2, 0) is 0 Å². The van der Waals surface area contributed by atoms with E-state index in [0.717, 1.165) is 12.8 Å². The van der Waals surface area contributed by atoms with Crippen molar-refractivity contribution in [3.63, 3.8) is 0 Å².